The Labute approximate surface area is 233 Å². The lowest BCUT2D eigenvalue weighted by atomic mass is 10.0. The molecule has 0 fully saturated rings. The lowest BCUT2D eigenvalue weighted by Crippen LogP contribution is -2.16. The molecule has 2 heterocycles. The van der Waals surface area contributed by atoms with Crippen LogP contribution in [-0.2, 0) is 11.3 Å². The Morgan fingerprint density at radius 2 is 1.51 bits per heavy atom. The first-order valence-corrected chi connectivity index (χ1v) is 18.2. The minimum Gasteiger partial charge on any atom is -0.629 e. The van der Waals surface area contributed by atoms with Crippen LogP contribution in [-0.4, -0.2) is 49.3 Å². The van der Waals surface area contributed by atoms with Gasteiger partial charge >= 0.3 is 0 Å². The minimum absolute atomic E-state index is 0.144. The van der Waals surface area contributed by atoms with E-state index in [1.54, 1.807) is 6.33 Å². The number of nitrogens with zero attached hydrogens (tertiary/aromatic N) is 4. The van der Waals surface area contributed by atoms with Gasteiger partial charge in [-0.2, -0.15) is 0 Å². The predicted octanol–water partition coefficient (Wildman–Crippen LogP) is 7.19. The number of unbranched alkanes of at least 4 members (excludes halogenated alkanes) is 13. The van der Waals surface area contributed by atoms with Crippen LogP contribution in [0.25, 0.3) is 11.2 Å². The predicted molar refractivity (Wildman–Crippen MR) is 163 cm³/mol. The molecule has 0 aliphatic carbocycles. The van der Waals surface area contributed by atoms with Crippen molar-refractivity contribution >= 4 is 52.3 Å². The Morgan fingerprint density at radius 1 is 0.919 bits per heavy atom. The smallest absolute Gasteiger partial charge is 0.208 e. The summed E-state index contributed by atoms with van der Waals surface area (Å²) in [4.78, 5) is 24.7. The van der Waals surface area contributed by atoms with E-state index in [1.165, 1.54) is 108 Å². The van der Waals surface area contributed by atoms with Gasteiger partial charge in [0.1, 0.15) is 18.0 Å². The number of hydrogen-bond donors (Lipinski definition) is 1. The molecule has 2 atom stereocenters. The molecule has 2 N–H and O–H groups in total. The van der Waals surface area contributed by atoms with Gasteiger partial charge < -0.3 is 19.9 Å². The molecule has 0 aromatic carbocycles. The average Bonchev–Trinajstić information content (AvgIpc) is 3.30. The van der Waals surface area contributed by atoms with Crippen molar-refractivity contribution in [2.45, 2.75) is 116 Å². The van der Waals surface area contributed by atoms with Crippen LogP contribution in [0.2, 0.25) is 0 Å². The molecular weight excluding hydrogens is 521 g/mol. The van der Waals surface area contributed by atoms with Crippen LogP contribution in [0.1, 0.15) is 104 Å². The van der Waals surface area contributed by atoms with Crippen molar-refractivity contribution in [3.8, 4) is 0 Å². The molecule has 2 rings (SSSR count). The molecule has 2 aromatic heterocycles. The molecule has 1 unspecified atom stereocenters. The van der Waals surface area contributed by atoms with Gasteiger partial charge in [-0.1, -0.05) is 112 Å². The van der Waals surface area contributed by atoms with Gasteiger partial charge in [-0.3, -0.25) is 0 Å². The number of nitrogens with two attached hydrogens (primary N) is 1. The second kappa shape index (κ2) is 21.0. The van der Waals surface area contributed by atoms with E-state index in [0.29, 0.717) is 29.7 Å². The van der Waals surface area contributed by atoms with Gasteiger partial charge in [0.25, 0.3) is 0 Å². The largest absolute Gasteiger partial charge is 0.629 e. The van der Waals surface area contributed by atoms with Gasteiger partial charge in [-0.15, -0.1) is 0 Å². The number of aromatic nitrogens is 4. The summed E-state index contributed by atoms with van der Waals surface area (Å²) < 4.78 is 7.57. The van der Waals surface area contributed by atoms with Crippen molar-refractivity contribution in [2.24, 2.45) is 0 Å². The summed E-state index contributed by atoms with van der Waals surface area (Å²) in [7, 11) is 2.27. The number of rotatable bonds is 23. The van der Waals surface area contributed by atoms with Crippen molar-refractivity contribution in [1.29, 1.82) is 0 Å². The summed E-state index contributed by atoms with van der Waals surface area (Å²) in [6.45, 7) is 4.78. The fraction of sp³-hybridized carbons (Fsp3) is 0.778. The molecule has 0 bridgehead atoms. The Bertz CT molecular complexity index is 884. The number of anilines is 1. The van der Waals surface area contributed by atoms with Gasteiger partial charge in [-0.05, 0) is 13.3 Å². The molecule has 0 aliphatic heterocycles. The maximum Gasteiger partial charge on any atom is 0.208 e. The van der Waals surface area contributed by atoms with Gasteiger partial charge in [0, 0.05) is 11.5 Å². The van der Waals surface area contributed by atoms with E-state index >= 15 is 0 Å². The normalized spacial score (nSPS) is 13.0. The zero-order valence-electron chi connectivity index (χ0n) is 23.0. The monoisotopic (exact) mass is 569 g/mol. The van der Waals surface area contributed by atoms with Crippen molar-refractivity contribution in [2.75, 3.05) is 23.4 Å². The highest BCUT2D eigenvalue weighted by Crippen LogP contribution is 2.26. The van der Waals surface area contributed by atoms with Crippen LogP contribution >= 0.6 is 29.4 Å². The molecule has 0 saturated carbocycles. The van der Waals surface area contributed by atoms with Gasteiger partial charge in [0.2, 0.25) is 5.98 Å². The first-order chi connectivity index (χ1) is 18.1. The van der Waals surface area contributed by atoms with E-state index in [0.717, 1.165) is 5.75 Å². The van der Waals surface area contributed by atoms with E-state index < -0.39 is 7.77 Å². The van der Waals surface area contributed by atoms with E-state index in [-0.39, 0.29) is 6.10 Å². The van der Waals surface area contributed by atoms with Crippen molar-refractivity contribution < 1.29 is 9.63 Å². The van der Waals surface area contributed by atoms with E-state index in [1.807, 2.05) is 33.1 Å². The highest BCUT2D eigenvalue weighted by Gasteiger charge is 2.11. The maximum absolute atomic E-state index is 12.3. The summed E-state index contributed by atoms with van der Waals surface area (Å²) in [5.74, 6) is 3.94. The number of imidazole rings is 1. The van der Waals surface area contributed by atoms with Crippen LogP contribution in [0.4, 0.5) is 5.82 Å². The zero-order valence-corrected chi connectivity index (χ0v) is 25.5. The molecular formula is C27H48N5O2PS2. The molecule has 0 aliphatic rings. The lowest BCUT2D eigenvalue weighted by Gasteiger charge is -2.10. The first kappa shape index (κ1) is 32.4. The first-order valence-electron chi connectivity index (χ1n) is 14.2. The van der Waals surface area contributed by atoms with Crippen LogP contribution in [0.5, 0.6) is 0 Å². The molecule has 7 nitrogen and oxygen atoms in total. The molecule has 210 valence electrons. The zero-order chi connectivity index (χ0) is 26.6. The third-order valence-corrected chi connectivity index (χ3v) is 10.2. The van der Waals surface area contributed by atoms with Gasteiger partial charge in [0.15, 0.2) is 11.5 Å². The van der Waals surface area contributed by atoms with Crippen LogP contribution in [0.3, 0.4) is 0 Å². The summed E-state index contributed by atoms with van der Waals surface area (Å²) in [5.41, 5.74) is 7.10. The second-order valence-electron chi connectivity index (χ2n) is 9.76. The third-order valence-electron chi connectivity index (χ3n) is 6.35. The second-order valence-corrected chi connectivity index (χ2v) is 14.0. The fourth-order valence-electron chi connectivity index (χ4n) is 4.18. The standard InChI is InChI=1S/C27H48N5O2PS2/c1-3-4-5-6-7-8-9-10-11-12-13-14-15-16-18-36-37-19-17-35(33)23-34-24(2)20-32-22-31-25-26(28)29-21-30-27(25)32/h21-24H,3-20H2,1-2H3,(H2,28,29,30)/t24-/m1/s1. The molecule has 37 heavy (non-hydrogen) atoms. The van der Waals surface area contributed by atoms with Gasteiger partial charge in [0.05, 0.1) is 26.7 Å². The SMILES string of the molecule is CCCCCCCCCCCCCCCCSSCC[P+]([O-])=CO[C@H](C)Cn1cnc2c(N)ncnc21. The highest BCUT2D eigenvalue weighted by molar-refractivity contribution is 8.76. The van der Waals surface area contributed by atoms with Crippen molar-refractivity contribution in [3.05, 3.63) is 12.7 Å². The minimum atomic E-state index is -1.46. The van der Waals surface area contributed by atoms with E-state index in [9.17, 15) is 4.89 Å². The van der Waals surface area contributed by atoms with E-state index in [4.69, 9.17) is 10.5 Å². The lowest BCUT2D eigenvalue weighted by molar-refractivity contribution is -0.153. The van der Waals surface area contributed by atoms with Crippen LogP contribution in [0, 0.1) is 0 Å². The Hall–Kier alpha value is -0.860. The Morgan fingerprint density at radius 3 is 2.16 bits per heavy atom. The van der Waals surface area contributed by atoms with Crippen molar-refractivity contribution in [3.63, 3.8) is 0 Å². The van der Waals surface area contributed by atoms with Crippen LogP contribution < -0.4 is 10.6 Å². The molecule has 0 spiro atoms. The molecule has 0 radical (unpaired) electrons. The molecule has 10 heteroatoms. The topological polar surface area (TPSA) is 102 Å². The number of fused-ring (bicyclic) bond motifs is 1. The number of hydrogen-bond acceptors (Lipinski definition) is 8. The number of ether oxygens (including phenoxy) is 1. The number of nitrogen functional groups attached to an aromatic ring is 1. The summed E-state index contributed by atoms with van der Waals surface area (Å²) in [6.07, 6.45) is 23.2. The summed E-state index contributed by atoms with van der Waals surface area (Å²) in [5, 5.41) is 0. The van der Waals surface area contributed by atoms with Crippen molar-refractivity contribution in [1.82, 2.24) is 19.5 Å². The Balaban J connectivity index is 1.38. The third kappa shape index (κ3) is 14.8. The van der Waals surface area contributed by atoms with E-state index in [2.05, 4.69) is 21.9 Å². The Kier molecular flexibility index (Phi) is 18.4. The average molecular weight is 570 g/mol. The molecule has 2 aromatic rings. The maximum atomic E-state index is 12.3. The molecule has 0 saturated heterocycles. The van der Waals surface area contributed by atoms with Crippen LogP contribution in [0.15, 0.2) is 12.7 Å². The fourth-order valence-corrected chi connectivity index (χ4v) is 7.93. The van der Waals surface area contributed by atoms with Gasteiger partial charge in [-0.25, -0.2) is 15.0 Å². The molecule has 0 amide bonds. The summed E-state index contributed by atoms with van der Waals surface area (Å²) >= 11 is 0. The summed E-state index contributed by atoms with van der Waals surface area (Å²) in [6, 6.07) is 0. The quantitative estimate of drug-likeness (QED) is 0.0852. The highest BCUT2D eigenvalue weighted by atomic mass is 33.1.